The lowest BCUT2D eigenvalue weighted by Crippen LogP contribution is -2.21. The summed E-state index contributed by atoms with van der Waals surface area (Å²) in [5.41, 5.74) is 8.44. The van der Waals surface area contributed by atoms with Crippen molar-refractivity contribution in [3.05, 3.63) is 29.3 Å². The van der Waals surface area contributed by atoms with Crippen LogP contribution in [0.5, 0.6) is 0 Å². The Hall–Kier alpha value is -0.960. The molecule has 0 aromatic heterocycles. The molecule has 3 heteroatoms. The van der Waals surface area contributed by atoms with Gasteiger partial charge in [0.05, 0.1) is 5.25 Å². The van der Waals surface area contributed by atoms with E-state index in [-0.39, 0.29) is 11.1 Å². The second kappa shape index (κ2) is 4.27. The third-order valence-corrected chi connectivity index (χ3v) is 3.95. The number of nitrogens with two attached hydrogens (primary N) is 1. The SMILES string of the molecule is CC(Sc1ccc2c(c1)CCC2)C(=N)N. The number of benzene rings is 1. The van der Waals surface area contributed by atoms with E-state index < -0.39 is 0 Å². The molecule has 1 aliphatic carbocycles. The number of amidine groups is 1. The van der Waals surface area contributed by atoms with Crippen LogP contribution in [0.15, 0.2) is 23.1 Å². The molecule has 0 bridgehead atoms. The molecule has 0 radical (unpaired) electrons. The van der Waals surface area contributed by atoms with Crippen LogP contribution in [-0.4, -0.2) is 11.1 Å². The number of fused-ring (bicyclic) bond motifs is 1. The monoisotopic (exact) mass is 220 g/mol. The van der Waals surface area contributed by atoms with Gasteiger partial charge in [0.15, 0.2) is 0 Å². The molecule has 80 valence electrons. The van der Waals surface area contributed by atoms with Gasteiger partial charge in [-0.25, -0.2) is 0 Å². The van der Waals surface area contributed by atoms with E-state index >= 15 is 0 Å². The van der Waals surface area contributed by atoms with Gasteiger partial charge in [-0.3, -0.25) is 5.41 Å². The predicted molar refractivity (Wildman–Crippen MR) is 65.7 cm³/mol. The van der Waals surface area contributed by atoms with Crippen molar-refractivity contribution in [3.8, 4) is 0 Å². The number of hydrogen-bond donors (Lipinski definition) is 2. The summed E-state index contributed by atoms with van der Waals surface area (Å²) in [5, 5.41) is 7.43. The fourth-order valence-corrected chi connectivity index (χ4v) is 2.78. The lowest BCUT2D eigenvalue weighted by Gasteiger charge is -2.10. The van der Waals surface area contributed by atoms with Crippen LogP contribution in [0.3, 0.4) is 0 Å². The number of thioether (sulfide) groups is 1. The summed E-state index contributed by atoms with van der Waals surface area (Å²) >= 11 is 1.67. The van der Waals surface area contributed by atoms with Crippen LogP contribution in [-0.2, 0) is 12.8 Å². The molecule has 1 unspecified atom stereocenters. The predicted octanol–water partition coefficient (Wildman–Crippen LogP) is 2.59. The summed E-state index contributed by atoms with van der Waals surface area (Å²) < 4.78 is 0. The van der Waals surface area contributed by atoms with Crippen molar-refractivity contribution in [2.75, 3.05) is 0 Å². The Kier molecular flexibility index (Phi) is 3.00. The Morgan fingerprint density at radius 3 is 2.87 bits per heavy atom. The van der Waals surface area contributed by atoms with Gasteiger partial charge in [-0.2, -0.15) is 0 Å². The van der Waals surface area contributed by atoms with Crippen molar-refractivity contribution in [1.82, 2.24) is 0 Å². The van der Waals surface area contributed by atoms with Crippen LogP contribution in [0.4, 0.5) is 0 Å². The Morgan fingerprint density at radius 2 is 2.13 bits per heavy atom. The van der Waals surface area contributed by atoms with Gasteiger partial charge >= 0.3 is 0 Å². The summed E-state index contributed by atoms with van der Waals surface area (Å²) in [5.74, 6) is 0.250. The molecule has 1 atom stereocenters. The van der Waals surface area contributed by atoms with Crippen molar-refractivity contribution in [1.29, 1.82) is 5.41 Å². The first-order chi connectivity index (χ1) is 7.16. The van der Waals surface area contributed by atoms with Crippen molar-refractivity contribution < 1.29 is 0 Å². The second-order valence-electron chi connectivity index (χ2n) is 4.00. The van der Waals surface area contributed by atoms with Crippen LogP contribution < -0.4 is 5.73 Å². The summed E-state index contributed by atoms with van der Waals surface area (Å²) in [4.78, 5) is 1.23. The van der Waals surface area contributed by atoms with E-state index in [1.54, 1.807) is 11.8 Å². The first-order valence-electron chi connectivity index (χ1n) is 5.29. The number of nitrogens with one attached hydrogen (secondary N) is 1. The molecule has 0 spiro atoms. The molecule has 15 heavy (non-hydrogen) atoms. The maximum atomic E-state index is 7.36. The van der Waals surface area contributed by atoms with Gasteiger partial charge in [0, 0.05) is 4.90 Å². The molecule has 1 aromatic carbocycles. The molecule has 1 aliphatic rings. The van der Waals surface area contributed by atoms with Crippen molar-refractivity contribution in [2.45, 2.75) is 36.3 Å². The second-order valence-corrected chi connectivity index (χ2v) is 5.41. The van der Waals surface area contributed by atoms with E-state index in [2.05, 4.69) is 18.2 Å². The third-order valence-electron chi connectivity index (χ3n) is 2.82. The summed E-state index contributed by atoms with van der Waals surface area (Å²) in [6.45, 7) is 1.97. The largest absolute Gasteiger partial charge is 0.387 e. The molecule has 0 saturated heterocycles. The highest BCUT2D eigenvalue weighted by Crippen LogP contribution is 2.29. The van der Waals surface area contributed by atoms with Gasteiger partial charge < -0.3 is 5.73 Å². The number of rotatable bonds is 3. The highest BCUT2D eigenvalue weighted by atomic mass is 32.2. The molecule has 0 amide bonds. The van der Waals surface area contributed by atoms with E-state index in [1.807, 2.05) is 6.92 Å². The van der Waals surface area contributed by atoms with Gasteiger partial charge in [0.1, 0.15) is 5.84 Å². The molecule has 0 fully saturated rings. The topological polar surface area (TPSA) is 49.9 Å². The zero-order valence-corrected chi connectivity index (χ0v) is 9.73. The third kappa shape index (κ3) is 2.34. The molecular weight excluding hydrogens is 204 g/mol. The quantitative estimate of drug-likeness (QED) is 0.467. The average Bonchev–Trinajstić information content (AvgIpc) is 2.64. The van der Waals surface area contributed by atoms with Gasteiger partial charge in [0.2, 0.25) is 0 Å². The van der Waals surface area contributed by atoms with Crippen LogP contribution in [0.2, 0.25) is 0 Å². The Bertz CT molecular complexity index is 387. The lowest BCUT2D eigenvalue weighted by atomic mass is 10.1. The normalized spacial score (nSPS) is 16.1. The highest BCUT2D eigenvalue weighted by Gasteiger charge is 2.13. The molecule has 3 N–H and O–H groups in total. The van der Waals surface area contributed by atoms with Crippen molar-refractivity contribution in [3.63, 3.8) is 0 Å². The number of aryl methyl sites for hydroxylation is 2. The highest BCUT2D eigenvalue weighted by molar-refractivity contribution is 8.00. The summed E-state index contributed by atoms with van der Waals surface area (Å²) in [6.07, 6.45) is 3.71. The van der Waals surface area contributed by atoms with Gasteiger partial charge in [-0.15, -0.1) is 11.8 Å². The van der Waals surface area contributed by atoms with E-state index in [4.69, 9.17) is 11.1 Å². The first-order valence-corrected chi connectivity index (χ1v) is 6.17. The van der Waals surface area contributed by atoms with E-state index in [9.17, 15) is 0 Å². The van der Waals surface area contributed by atoms with Crippen molar-refractivity contribution >= 4 is 17.6 Å². The van der Waals surface area contributed by atoms with Crippen LogP contribution in [0.25, 0.3) is 0 Å². The molecule has 0 aliphatic heterocycles. The van der Waals surface area contributed by atoms with E-state index in [0.29, 0.717) is 0 Å². The molecule has 2 nitrogen and oxygen atoms in total. The summed E-state index contributed by atoms with van der Waals surface area (Å²) in [6, 6.07) is 6.62. The maximum absolute atomic E-state index is 7.36. The minimum absolute atomic E-state index is 0.0736. The van der Waals surface area contributed by atoms with Gasteiger partial charge in [0.25, 0.3) is 0 Å². The standard InChI is InChI=1S/C12H16N2S/c1-8(12(13)14)15-11-6-5-9-3-2-4-10(9)7-11/h5-8H,2-4H2,1H3,(H3,13,14). The average molecular weight is 220 g/mol. The lowest BCUT2D eigenvalue weighted by molar-refractivity contribution is 0.911. The maximum Gasteiger partial charge on any atom is 0.104 e. The van der Waals surface area contributed by atoms with E-state index in [1.165, 1.54) is 35.3 Å². The van der Waals surface area contributed by atoms with Crippen LogP contribution in [0, 0.1) is 5.41 Å². The van der Waals surface area contributed by atoms with E-state index in [0.717, 1.165) is 0 Å². The number of hydrogen-bond acceptors (Lipinski definition) is 2. The molecule has 0 saturated carbocycles. The Balaban J connectivity index is 2.13. The smallest absolute Gasteiger partial charge is 0.104 e. The minimum atomic E-state index is 0.0736. The Labute approximate surface area is 94.8 Å². The van der Waals surface area contributed by atoms with Crippen LogP contribution >= 0.6 is 11.8 Å². The first kappa shape index (κ1) is 10.6. The fraction of sp³-hybridized carbons (Fsp3) is 0.417. The molecular formula is C12H16N2S. The minimum Gasteiger partial charge on any atom is -0.387 e. The van der Waals surface area contributed by atoms with Gasteiger partial charge in [-0.1, -0.05) is 6.07 Å². The zero-order valence-electron chi connectivity index (χ0n) is 8.92. The molecule has 0 heterocycles. The molecule has 1 aromatic rings. The summed E-state index contributed by atoms with van der Waals surface area (Å²) in [7, 11) is 0. The zero-order chi connectivity index (χ0) is 10.8. The Morgan fingerprint density at radius 1 is 1.40 bits per heavy atom. The molecule has 2 rings (SSSR count). The van der Waals surface area contributed by atoms with Crippen molar-refractivity contribution in [2.24, 2.45) is 5.73 Å². The van der Waals surface area contributed by atoms with Crippen LogP contribution in [0.1, 0.15) is 24.5 Å². The fourth-order valence-electron chi connectivity index (χ4n) is 1.89. The van der Waals surface area contributed by atoms with Gasteiger partial charge in [-0.05, 0) is 49.4 Å².